The van der Waals surface area contributed by atoms with E-state index in [1.54, 1.807) is 6.33 Å². The molecular formula is C23H29N9. The molecule has 2 aromatic heterocycles. The van der Waals surface area contributed by atoms with Crippen molar-refractivity contribution in [1.82, 2.24) is 30.2 Å². The standard InChI is InChI=1S/C23H29N9/c1-16(17-7-5-4-6-8-17)14-25-21-29-22(31-23(30-21)32(3)12-11-24-2)28-18-9-10-19-20(13-18)27-15-26-19/h4-10,13,15-16,24H,11-12,14H2,1-3H3,(H,26,27)(H2,25,28,29,30,31)/t16-/m0/s1. The number of benzene rings is 2. The topological polar surface area (TPSA) is 107 Å². The summed E-state index contributed by atoms with van der Waals surface area (Å²) in [5.41, 5.74) is 4.01. The van der Waals surface area contributed by atoms with Gasteiger partial charge in [-0.05, 0) is 36.7 Å². The van der Waals surface area contributed by atoms with E-state index < -0.39 is 0 Å². The number of hydrogen-bond donors (Lipinski definition) is 4. The molecule has 0 aliphatic rings. The quantitative estimate of drug-likeness (QED) is 0.303. The highest BCUT2D eigenvalue weighted by atomic mass is 15.3. The third kappa shape index (κ3) is 5.30. The minimum absolute atomic E-state index is 0.317. The van der Waals surface area contributed by atoms with Gasteiger partial charge in [-0.2, -0.15) is 15.0 Å². The van der Waals surface area contributed by atoms with Crippen LogP contribution in [0.3, 0.4) is 0 Å². The Kier molecular flexibility index (Phi) is 6.76. The molecule has 0 fully saturated rings. The van der Waals surface area contributed by atoms with E-state index in [9.17, 15) is 0 Å². The van der Waals surface area contributed by atoms with Crippen molar-refractivity contribution in [2.24, 2.45) is 0 Å². The van der Waals surface area contributed by atoms with E-state index in [0.29, 0.717) is 30.3 Å². The molecule has 4 aromatic rings. The molecule has 2 aromatic carbocycles. The normalized spacial score (nSPS) is 12.0. The second-order valence-corrected chi connectivity index (χ2v) is 7.76. The first-order chi connectivity index (χ1) is 15.6. The van der Waals surface area contributed by atoms with E-state index in [0.717, 1.165) is 29.8 Å². The number of aromatic nitrogens is 5. The summed E-state index contributed by atoms with van der Waals surface area (Å²) in [4.78, 5) is 23.3. The third-order valence-corrected chi connectivity index (χ3v) is 5.27. The van der Waals surface area contributed by atoms with Crippen LogP contribution in [0.25, 0.3) is 11.0 Å². The molecule has 0 saturated heterocycles. The lowest BCUT2D eigenvalue weighted by atomic mass is 10.0. The first-order valence-corrected chi connectivity index (χ1v) is 10.7. The van der Waals surface area contributed by atoms with Crippen LogP contribution < -0.4 is 20.9 Å². The van der Waals surface area contributed by atoms with Crippen molar-refractivity contribution in [3.05, 3.63) is 60.4 Å². The molecule has 4 rings (SSSR count). The van der Waals surface area contributed by atoms with E-state index in [4.69, 9.17) is 0 Å². The Morgan fingerprint density at radius 1 is 1.03 bits per heavy atom. The van der Waals surface area contributed by atoms with E-state index in [1.165, 1.54) is 5.56 Å². The maximum Gasteiger partial charge on any atom is 0.233 e. The molecule has 0 saturated carbocycles. The van der Waals surface area contributed by atoms with Gasteiger partial charge in [0.1, 0.15) is 0 Å². The largest absolute Gasteiger partial charge is 0.353 e. The van der Waals surface area contributed by atoms with Crippen LogP contribution >= 0.6 is 0 Å². The number of imidazole rings is 1. The maximum absolute atomic E-state index is 4.64. The van der Waals surface area contributed by atoms with Crippen LogP contribution in [0, 0.1) is 0 Å². The molecule has 2 heterocycles. The van der Waals surface area contributed by atoms with Crippen molar-refractivity contribution in [2.45, 2.75) is 12.8 Å². The minimum atomic E-state index is 0.317. The average Bonchev–Trinajstić information content (AvgIpc) is 3.29. The molecular weight excluding hydrogens is 402 g/mol. The molecule has 0 bridgehead atoms. The zero-order valence-electron chi connectivity index (χ0n) is 18.6. The molecule has 0 spiro atoms. The van der Waals surface area contributed by atoms with Crippen LogP contribution in [0.15, 0.2) is 54.9 Å². The van der Waals surface area contributed by atoms with Gasteiger partial charge in [0.2, 0.25) is 17.8 Å². The fourth-order valence-corrected chi connectivity index (χ4v) is 3.34. The summed E-state index contributed by atoms with van der Waals surface area (Å²) >= 11 is 0. The number of anilines is 4. The van der Waals surface area contributed by atoms with Gasteiger partial charge < -0.3 is 25.8 Å². The number of hydrogen-bond acceptors (Lipinski definition) is 8. The first-order valence-electron chi connectivity index (χ1n) is 10.7. The van der Waals surface area contributed by atoms with Crippen LogP contribution in [0.1, 0.15) is 18.4 Å². The van der Waals surface area contributed by atoms with Crippen molar-refractivity contribution in [3.8, 4) is 0 Å². The van der Waals surface area contributed by atoms with Gasteiger partial charge in [0.25, 0.3) is 0 Å². The molecule has 4 N–H and O–H groups in total. The molecule has 9 heteroatoms. The monoisotopic (exact) mass is 431 g/mol. The summed E-state index contributed by atoms with van der Waals surface area (Å²) in [6.45, 7) is 4.50. The summed E-state index contributed by atoms with van der Waals surface area (Å²) < 4.78 is 0. The number of nitrogens with zero attached hydrogens (tertiary/aromatic N) is 5. The second-order valence-electron chi connectivity index (χ2n) is 7.76. The van der Waals surface area contributed by atoms with Crippen molar-refractivity contribution in [2.75, 3.05) is 49.3 Å². The van der Waals surface area contributed by atoms with Crippen LogP contribution in [0.4, 0.5) is 23.5 Å². The first kappa shape index (κ1) is 21.5. The second kappa shape index (κ2) is 10.1. The Labute approximate surface area is 187 Å². The molecule has 32 heavy (non-hydrogen) atoms. The van der Waals surface area contributed by atoms with Crippen LogP contribution in [-0.4, -0.2) is 58.6 Å². The number of likely N-dealkylation sites (N-methyl/N-ethyl adjacent to an activating group) is 2. The molecule has 0 amide bonds. The van der Waals surface area contributed by atoms with Crippen LogP contribution in [0.2, 0.25) is 0 Å². The van der Waals surface area contributed by atoms with Crippen molar-refractivity contribution >= 4 is 34.6 Å². The lowest BCUT2D eigenvalue weighted by Gasteiger charge is -2.19. The Morgan fingerprint density at radius 3 is 2.66 bits per heavy atom. The van der Waals surface area contributed by atoms with E-state index in [-0.39, 0.29) is 0 Å². The molecule has 0 radical (unpaired) electrons. The van der Waals surface area contributed by atoms with E-state index in [1.807, 2.05) is 43.3 Å². The zero-order chi connectivity index (χ0) is 22.3. The van der Waals surface area contributed by atoms with Gasteiger partial charge in [0.05, 0.1) is 17.4 Å². The van der Waals surface area contributed by atoms with Crippen molar-refractivity contribution in [1.29, 1.82) is 0 Å². The van der Waals surface area contributed by atoms with Gasteiger partial charge in [-0.3, -0.25) is 0 Å². The van der Waals surface area contributed by atoms with Gasteiger partial charge in [0, 0.05) is 32.4 Å². The molecule has 0 unspecified atom stereocenters. The average molecular weight is 432 g/mol. The Balaban J connectivity index is 1.55. The van der Waals surface area contributed by atoms with Gasteiger partial charge in [0.15, 0.2) is 0 Å². The lowest BCUT2D eigenvalue weighted by Crippen LogP contribution is -2.29. The number of aromatic amines is 1. The zero-order valence-corrected chi connectivity index (χ0v) is 18.6. The number of H-pyrrole nitrogens is 1. The van der Waals surface area contributed by atoms with Gasteiger partial charge >= 0.3 is 0 Å². The Hall–Kier alpha value is -3.72. The summed E-state index contributed by atoms with van der Waals surface area (Å²) in [6.07, 6.45) is 1.68. The number of fused-ring (bicyclic) bond motifs is 1. The molecule has 166 valence electrons. The van der Waals surface area contributed by atoms with Gasteiger partial charge in [-0.15, -0.1) is 0 Å². The van der Waals surface area contributed by atoms with Gasteiger partial charge in [-0.25, -0.2) is 4.98 Å². The van der Waals surface area contributed by atoms with Crippen molar-refractivity contribution in [3.63, 3.8) is 0 Å². The van der Waals surface area contributed by atoms with Crippen LogP contribution in [-0.2, 0) is 0 Å². The molecule has 0 aliphatic heterocycles. The number of nitrogens with one attached hydrogen (secondary N) is 4. The molecule has 1 atom stereocenters. The third-order valence-electron chi connectivity index (χ3n) is 5.27. The fourth-order valence-electron chi connectivity index (χ4n) is 3.34. The minimum Gasteiger partial charge on any atom is -0.353 e. The van der Waals surface area contributed by atoms with E-state index >= 15 is 0 Å². The predicted molar refractivity (Wildman–Crippen MR) is 130 cm³/mol. The summed E-state index contributed by atoms with van der Waals surface area (Å²) in [5, 5.41) is 9.85. The number of rotatable bonds is 10. The molecule has 9 nitrogen and oxygen atoms in total. The fraction of sp³-hybridized carbons (Fsp3) is 0.304. The summed E-state index contributed by atoms with van der Waals surface area (Å²) in [6, 6.07) is 16.3. The van der Waals surface area contributed by atoms with E-state index in [2.05, 4.69) is 72.1 Å². The predicted octanol–water partition coefficient (Wildman–Crippen LogP) is 3.36. The Bertz CT molecular complexity index is 1140. The summed E-state index contributed by atoms with van der Waals surface area (Å²) in [7, 11) is 3.90. The Morgan fingerprint density at radius 2 is 1.84 bits per heavy atom. The van der Waals surface area contributed by atoms with Crippen LogP contribution in [0.5, 0.6) is 0 Å². The van der Waals surface area contributed by atoms with Gasteiger partial charge in [-0.1, -0.05) is 37.3 Å². The highest BCUT2D eigenvalue weighted by Gasteiger charge is 2.13. The molecule has 0 aliphatic carbocycles. The van der Waals surface area contributed by atoms with Crippen molar-refractivity contribution < 1.29 is 0 Å². The lowest BCUT2D eigenvalue weighted by molar-refractivity contribution is 0.748. The summed E-state index contributed by atoms with van der Waals surface area (Å²) in [5.74, 6) is 1.95. The smallest absolute Gasteiger partial charge is 0.233 e. The highest BCUT2D eigenvalue weighted by Crippen LogP contribution is 2.21. The highest BCUT2D eigenvalue weighted by molar-refractivity contribution is 5.79. The SMILES string of the molecule is CNCCN(C)c1nc(NC[C@H](C)c2ccccc2)nc(Nc2ccc3nc[nH]c3c2)n1. The maximum atomic E-state index is 4.64.